The zero-order valence-electron chi connectivity index (χ0n) is 51.8. The van der Waals surface area contributed by atoms with E-state index in [1.807, 2.05) is 6.92 Å². The Morgan fingerprint density at radius 2 is 1.30 bits per heavy atom. The van der Waals surface area contributed by atoms with Gasteiger partial charge in [-0.15, -0.1) is 0 Å². The summed E-state index contributed by atoms with van der Waals surface area (Å²) in [4.78, 5) is 52.0. The fraction of sp³-hybridized carbons (Fsp3) is 0.540. The van der Waals surface area contributed by atoms with E-state index in [-0.39, 0.29) is 104 Å². The van der Waals surface area contributed by atoms with Gasteiger partial charge in [-0.05, 0) is 220 Å². The van der Waals surface area contributed by atoms with Crippen molar-refractivity contribution in [2.75, 3.05) is 37.2 Å². The molecule has 0 spiro atoms. The molecule has 4 saturated heterocycles. The summed E-state index contributed by atoms with van der Waals surface area (Å²) in [5.74, 6) is -3.00. The van der Waals surface area contributed by atoms with Crippen LogP contribution >= 0.6 is 24.8 Å². The fourth-order valence-corrected chi connectivity index (χ4v) is 10.7. The number of ether oxygens (including phenoxy) is 2. The molecule has 0 aromatic heterocycles. The van der Waals surface area contributed by atoms with Crippen molar-refractivity contribution in [1.29, 1.82) is 0 Å². The predicted octanol–water partition coefficient (Wildman–Crippen LogP) is 12.7. The third-order valence-electron chi connectivity index (χ3n) is 13.0. The molecule has 3 N–H and O–H groups in total. The van der Waals surface area contributed by atoms with Gasteiger partial charge in [0.15, 0.2) is 5.72 Å². The van der Waals surface area contributed by atoms with E-state index in [1.165, 1.54) is 40.0 Å². The number of imide groups is 1. The van der Waals surface area contributed by atoms with E-state index in [0.717, 1.165) is 137 Å². The number of benzene rings is 4. The largest absolute Gasteiger partial charge is 2.00 e. The number of carbonyl (C=O) groups is 4. The van der Waals surface area contributed by atoms with Crippen LogP contribution in [0.5, 0.6) is 0 Å². The van der Waals surface area contributed by atoms with Gasteiger partial charge in [-0.25, -0.2) is 45.2 Å². The van der Waals surface area contributed by atoms with Crippen LogP contribution in [0.4, 0.5) is 40.3 Å². The molecular weight excluding hydrogens is 1340 g/mol. The molecule has 86 heavy (non-hydrogen) atoms. The molecule has 4 fully saturated rings. The summed E-state index contributed by atoms with van der Waals surface area (Å²) in [5.41, 5.74) is -0.860. The molecule has 23 heteroatoms. The number of nitrogens with zero attached hydrogens (tertiary/aromatic N) is 3. The van der Waals surface area contributed by atoms with Crippen molar-refractivity contribution in [3.8, 4) is 0 Å². The molecule has 5 aliphatic rings. The van der Waals surface area contributed by atoms with Crippen LogP contribution in [0.2, 0.25) is 0 Å². The quantitative estimate of drug-likeness (QED) is 0.0774. The minimum Gasteiger partial charge on any atom is -1.00 e. The normalized spacial score (nSPS) is 18.3. The number of aliphatic hydroxyl groups is 1. The summed E-state index contributed by atoms with van der Waals surface area (Å²) in [7, 11) is 5.41. The molecule has 5 heterocycles. The number of alkyl halides is 1. The molecule has 0 aliphatic carbocycles. The maximum absolute atomic E-state index is 14.1. The van der Waals surface area contributed by atoms with Gasteiger partial charge in [0.25, 0.3) is 0 Å². The second-order valence-electron chi connectivity index (χ2n) is 22.6. The first-order valence-corrected chi connectivity index (χ1v) is 33.9. The number of hydrogen-bond donors (Lipinski definition) is 3. The molecule has 0 radical (unpaired) electrons. The van der Waals surface area contributed by atoms with Crippen LogP contribution in [0.15, 0.2) is 82.3 Å². The summed E-state index contributed by atoms with van der Waals surface area (Å²) in [6.07, 6.45) is 12.5. The van der Waals surface area contributed by atoms with Gasteiger partial charge in [-0.3, -0.25) is 19.5 Å². The van der Waals surface area contributed by atoms with Crippen molar-refractivity contribution in [3.63, 3.8) is 0 Å². The van der Waals surface area contributed by atoms with E-state index in [0.29, 0.717) is 47.1 Å². The van der Waals surface area contributed by atoms with Crippen molar-refractivity contribution >= 4 is 77.6 Å². The zero-order valence-corrected chi connectivity index (χ0v) is 56.7. The maximum Gasteiger partial charge on any atom is 2.00 e. The number of likely N-dealkylation sites (tertiary alicyclic amines) is 2. The summed E-state index contributed by atoms with van der Waals surface area (Å²) >= 11 is 3.15. The SMILES string of the molecule is CC(C)(C)OC(=O)N1CCCCC1(O)c1cc(F)ccc1F.CC(C)(C)OC(=O)N1CCCCC1=O.CCC[I-]Cl.Cc1ccc(F)c(Br)c1.Fc1ccc(F)c(C2=NCCCC2)c1.Fc1ccc(F)c(C2CCCCN2)c1.O=C1CCCCN1.[H-].[Mg+2]. The topological polar surface area (TPSA) is 150 Å². The Labute approximate surface area is 543 Å². The summed E-state index contributed by atoms with van der Waals surface area (Å²) in [6, 6.07) is 14.9. The van der Waals surface area contributed by atoms with Gasteiger partial charge in [0.2, 0.25) is 11.8 Å². The molecule has 0 bridgehead atoms. The van der Waals surface area contributed by atoms with E-state index < -0.39 is 46.6 Å². The summed E-state index contributed by atoms with van der Waals surface area (Å²) < 4.78 is 105. The van der Waals surface area contributed by atoms with Gasteiger partial charge < -0.3 is 26.6 Å². The molecule has 4 aromatic rings. The van der Waals surface area contributed by atoms with E-state index in [9.17, 15) is 55.0 Å². The van der Waals surface area contributed by atoms with Gasteiger partial charge in [0, 0.05) is 67.5 Å². The van der Waals surface area contributed by atoms with Crippen LogP contribution in [0.1, 0.15) is 181 Å². The average Bonchev–Trinajstić information content (AvgIpc) is 1.76. The van der Waals surface area contributed by atoms with Gasteiger partial charge >= 0.3 is 82.0 Å². The minimum absolute atomic E-state index is 0. The van der Waals surface area contributed by atoms with Crippen molar-refractivity contribution in [2.45, 2.75) is 181 Å². The molecular formula is C63H85BrClF7IMgN5O7. The zero-order chi connectivity index (χ0) is 63.3. The number of halogens is 10. The van der Waals surface area contributed by atoms with Crippen molar-refractivity contribution in [1.82, 2.24) is 20.4 Å². The van der Waals surface area contributed by atoms with E-state index in [2.05, 4.69) is 38.5 Å². The maximum atomic E-state index is 14.1. The molecule has 12 nitrogen and oxygen atoms in total. The molecule has 4 amide bonds. The van der Waals surface area contributed by atoms with Crippen molar-refractivity contribution in [2.24, 2.45) is 4.99 Å². The molecule has 4 aromatic carbocycles. The van der Waals surface area contributed by atoms with E-state index in [4.69, 9.17) is 18.4 Å². The number of piperidine rings is 4. The molecule has 5 aliphatic heterocycles. The number of amides is 4. The van der Waals surface area contributed by atoms with E-state index >= 15 is 0 Å². The standard InChI is InChI=1S/C16H21F2NO3.C11H13F2N.C11H11F2N.C10H17NO3.C7H6BrF.C5H9NO.C3H7ClI.Mg.H/c1-15(2,3)22-14(20)19-9-5-4-8-16(19,21)12-10-11(17)6-7-13(12)18;2*12-8-4-5-10(13)9(7-8)11-3-1-2-6-14-11;1-10(2,3)14-9(13)11-7-5-4-6-8(11)12;1-5-2-3-7(9)6(8)4-5;7-5-3-1-2-4-6-5;1-2-3-5-4;;/h6-7,10,21H,4-5,8-9H2,1-3H3;4-5,7,11,14H,1-3,6H2;4-5,7H,1-3,6H2;4-7H2,1-3H3;2-4H,1H3;1-4H2,(H,6,7);2-3H2,1H3;;/q;;;;;;-1;+2;-1. The van der Waals surface area contributed by atoms with Crippen LogP contribution in [-0.2, 0) is 24.8 Å². The van der Waals surface area contributed by atoms with Gasteiger partial charge in [-0.2, -0.15) is 0 Å². The van der Waals surface area contributed by atoms with Crippen molar-refractivity contribution < 1.29 is 86.0 Å². The monoisotopic (exact) mass is 1420 g/mol. The Bertz CT molecular complexity index is 2790. The summed E-state index contributed by atoms with van der Waals surface area (Å²) in [6.45, 7) is 17.8. The Hall–Kier alpha value is -4.07. The minimum atomic E-state index is -1.90. The molecule has 9 rings (SSSR count). The third kappa shape index (κ3) is 29.0. The smallest absolute Gasteiger partial charge is 1.00 e. The van der Waals surface area contributed by atoms with Crippen LogP contribution < -0.4 is 30.7 Å². The van der Waals surface area contributed by atoms with Gasteiger partial charge in [0.1, 0.15) is 51.9 Å². The predicted molar refractivity (Wildman–Crippen MR) is 325 cm³/mol. The second kappa shape index (κ2) is 39.8. The average molecular weight is 1420 g/mol. The number of carbonyl (C=O) groups excluding carboxylic acids is 4. The van der Waals surface area contributed by atoms with Gasteiger partial charge in [-0.1, -0.05) is 12.5 Å². The van der Waals surface area contributed by atoms with E-state index in [1.54, 1.807) is 53.7 Å². The number of nitrogens with one attached hydrogen (secondary N) is 2. The first kappa shape index (κ1) is 78.0. The Morgan fingerprint density at radius 3 is 1.83 bits per heavy atom. The summed E-state index contributed by atoms with van der Waals surface area (Å²) in [5, 5.41) is 16.8. The number of hydrogen-bond acceptors (Lipinski definition) is 9. The Balaban J connectivity index is 0.000000526. The molecule has 0 saturated carbocycles. The molecule has 2 atom stereocenters. The molecule has 2 unspecified atom stereocenters. The van der Waals surface area contributed by atoms with Crippen LogP contribution in [-0.4, -0.2) is 116 Å². The Morgan fingerprint density at radius 1 is 0.721 bits per heavy atom. The number of rotatable bonds is 5. The second-order valence-corrected chi connectivity index (χ2v) is 26.5. The van der Waals surface area contributed by atoms with Crippen LogP contribution in [0.3, 0.4) is 0 Å². The van der Waals surface area contributed by atoms with Crippen LogP contribution in [0, 0.1) is 47.6 Å². The number of aliphatic imine (C=N–C) groups is 1. The molecule has 476 valence electrons. The number of aryl methyl sites for hydroxylation is 1. The first-order valence-electron chi connectivity index (χ1n) is 28.9. The van der Waals surface area contributed by atoms with Crippen molar-refractivity contribution in [3.05, 3.63) is 140 Å². The Kier molecular flexibility index (Phi) is 36.1. The first-order chi connectivity index (χ1) is 40.1. The fourth-order valence-electron chi connectivity index (χ4n) is 8.86. The van der Waals surface area contributed by atoms with Gasteiger partial charge in [0.05, 0.1) is 4.47 Å². The van der Waals surface area contributed by atoms with Crippen LogP contribution in [0.25, 0.3) is 0 Å². The third-order valence-corrected chi connectivity index (χ3v) is 16.1.